The first-order chi connectivity index (χ1) is 9.40. The van der Waals surface area contributed by atoms with Gasteiger partial charge in [-0.25, -0.2) is 0 Å². The maximum atomic E-state index is 12.7. The zero-order valence-electron chi connectivity index (χ0n) is 12.9. The Morgan fingerprint density at radius 3 is 2.40 bits per heavy atom. The molecule has 108 valence electrons. The molecule has 2 bridgehead atoms. The van der Waals surface area contributed by atoms with E-state index in [1.54, 1.807) is 7.11 Å². The van der Waals surface area contributed by atoms with Gasteiger partial charge in [0.15, 0.2) is 0 Å². The molecule has 2 saturated carbocycles. The quantitative estimate of drug-likeness (QED) is 0.806. The third kappa shape index (κ3) is 1.66. The van der Waals surface area contributed by atoms with Crippen LogP contribution in [0.15, 0.2) is 24.3 Å². The first-order valence-corrected chi connectivity index (χ1v) is 7.57. The topological polar surface area (TPSA) is 26.3 Å². The second-order valence-corrected chi connectivity index (χ2v) is 7.25. The average molecular weight is 272 g/mol. The second-order valence-electron chi connectivity index (χ2n) is 7.25. The van der Waals surface area contributed by atoms with Crippen LogP contribution in [0.1, 0.15) is 51.5 Å². The van der Waals surface area contributed by atoms with E-state index in [-0.39, 0.29) is 16.7 Å². The number of ketones is 1. The van der Waals surface area contributed by atoms with Gasteiger partial charge in [0, 0.05) is 12.3 Å². The van der Waals surface area contributed by atoms with Crippen molar-refractivity contribution in [1.82, 2.24) is 0 Å². The van der Waals surface area contributed by atoms with Crippen molar-refractivity contribution in [3.05, 3.63) is 29.8 Å². The van der Waals surface area contributed by atoms with Crippen molar-refractivity contribution >= 4 is 5.78 Å². The van der Waals surface area contributed by atoms with Gasteiger partial charge in [-0.2, -0.15) is 0 Å². The van der Waals surface area contributed by atoms with E-state index < -0.39 is 0 Å². The minimum atomic E-state index is 0.0437. The summed E-state index contributed by atoms with van der Waals surface area (Å²) in [5, 5.41) is 0. The van der Waals surface area contributed by atoms with E-state index in [0.717, 1.165) is 24.2 Å². The fourth-order valence-electron chi connectivity index (χ4n) is 4.56. The molecule has 3 atom stereocenters. The normalized spacial score (nSPS) is 35.1. The fraction of sp³-hybridized carbons (Fsp3) is 0.611. The molecule has 20 heavy (non-hydrogen) atoms. The van der Waals surface area contributed by atoms with E-state index in [4.69, 9.17) is 4.74 Å². The monoisotopic (exact) mass is 272 g/mol. The summed E-state index contributed by atoms with van der Waals surface area (Å²) in [6.45, 7) is 7.03. The Hall–Kier alpha value is -1.31. The Labute approximate surface area is 121 Å². The number of benzene rings is 1. The number of rotatable bonds is 2. The summed E-state index contributed by atoms with van der Waals surface area (Å²) in [5.41, 5.74) is 1.49. The number of hydrogen-bond acceptors (Lipinski definition) is 2. The maximum absolute atomic E-state index is 12.7. The van der Waals surface area contributed by atoms with Crippen molar-refractivity contribution in [2.75, 3.05) is 7.11 Å². The summed E-state index contributed by atoms with van der Waals surface area (Å²) >= 11 is 0. The van der Waals surface area contributed by atoms with Gasteiger partial charge < -0.3 is 4.74 Å². The maximum Gasteiger partial charge on any atom is 0.141 e. The molecule has 0 spiro atoms. The number of methoxy groups -OCH3 is 1. The lowest BCUT2D eigenvalue weighted by molar-refractivity contribution is -0.132. The molecule has 2 fully saturated rings. The molecule has 0 aromatic heterocycles. The van der Waals surface area contributed by atoms with Gasteiger partial charge in [-0.05, 0) is 47.3 Å². The van der Waals surface area contributed by atoms with Crippen LogP contribution in [0.2, 0.25) is 0 Å². The van der Waals surface area contributed by atoms with Crippen LogP contribution in [-0.2, 0) is 4.79 Å². The Kier molecular flexibility index (Phi) is 2.97. The van der Waals surface area contributed by atoms with Gasteiger partial charge in [-0.3, -0.25) is 4.79 Å². The third-order valence-corrected chi connectivity index (χ3v) is 6.36. The molecule has 2 aliphatic carbocycles. The molecule has 3 rings (SSSR count). The predicted octanol–water partition coefficient (Wildman–Crippen LogP) is 4.19. The van der Waals surface area contributed by atoms with Gasteiger partial charge in [0.2, 0.25) is 0 Å². The molecule has 2 aliphatic rings. The highest BCUT2D eigenvalue weighted by Gasteiger charge is 2.60. The zero-order chi connectivity index (χ0) is 14.5. The van der Waals surface area contributed by atoms with Crippen LogP contribution in [0.25, 0.3) is 0 Å². The predicted molar refractivity (Wildman–Crippen MR) is 80.0 cm³/mol. The van der Waals surface area contributed by atoms with E-state index in [0.29, 0.717) is 11.7 Å². The first-order valence-electron chi connectivity index (χ1n) is 7.57. The van der Waals surface area contributed by atoms with Crippen molar-refractivity contribution in [3.63, 3.8) is 0 Å². The Morgan fingerprint density at radius 1 is 1.15 bits per heavy atom. The molecule has 2 nitrogen and oxygen atoms in total. The molecule has 0 aliphatic heterocycles. The molecule has 1 aromatic carbocycles. The highest BCUT2D eigenvalue weighted by Crippen LogP contribution is 2.66. The van der Waals surface area contributed by atoms with E-state index in [9.17, 15) is 4.79 Å². The molecule has 0 N–H and O–H groups in total. The van der Waals surface area contributed by atoms with Gasteiger partial charge in [0.25, 0.3) is 0 Å². The summed E-state index contributed by atoms with van der Waals surface area (Å²) < 4.78 is 5.23. The number of carbonyl (C=O) groups excluding carboxylic acids is 1. The highest BCUT2D eigenvalue weighted by molar-refractivity contribution is 5.88. The van der Waals surface area contributed by atoms with E-state index >= 15 is 0 Å². The van der Waals surface area contributed by atoms with Crippen LogP contribution in [0.5, 0.6) is 5.75 Å². The Balaban J connectivity index is 2.04. The smallest absolute Gasteiger partial charge is 0.141 e. The second kappa shape index (κ2) is 4.34. The highest BCUT2D eigenvalue weighted by atomic mass is 16.5. The van der Waals surface area contributed by atoms with Crippen LogP contribution >= 0.6 is 0 Å². The van der Waals surface area contributed by atoms with Crippen molar-refractivity contribution in [1.29, 1.82) is 0 Å². The summed E-state index contributed by atoms with van der Waals surface area (Å²) in [4.78, 5) is 12.7. The van der Waals surface area contributed by atoms with Gasteiger partial charge in [-0.15, -0.1) is 0 Å². The molecule has 0 radical (unpaired) electrons. The Morgan fingerprint density at radius 2 is 1.80 bits per heavy atom. The average Bonchev–Trinajstić information content (AvgIpc) is 2.57. The lowest BCUT2D eigenvalue weighted by Crippen LogP contribution is -2.47. The molecule has 1 aromatic rings. The van der Waals surface area contributed by atoms with Crippen LogP contribution in [0.3, 0.4) is 0 Å². The van der Waals surface area contributed by atoms with E-state index in [2.05, 4.69) is 32.9 Å². The number of Topliss-reactive ketones (excluding diaryl/α,β-unsaturated/α-hetero) is 1. The minimum Gasteiger partial charge on any atom is -0.497 e. The molecule has 2 heteroatoms. The van der Waals surface area contributed by atoms with Crippen LogP contribution in [0, 0.1) is 16.7 Å². The molecular formula is C18H24O2. The van der Waals surface area contributed by atoms with Crippen molar-refractivity contribution in [3.8, 4) is 5.75 Å². The summed E-state index contributed by atoms with van der Waals surface area (Å²) in [7, 11) is 1.67. The summed E-state index contributed by atoms with van der Waals surface area (Å²) in [6.07, 6.45) is 3.11. The van der Waals surface area contributed by atoms with Crippen LogP contribution in [0.4, 0.5) is 0 Å². The largest absolute Gasteiger partial charge is 0.497 e. The van der Waals surface area contributed by atoms with Gasteiger partial charge in [0.1, 0.15) is 11.5 Å². The van der Waals surface area contributed by atoms with Crippen LogP contribution < -0.4 is 4.74 Å². The molecule has 0 saturated heterocycles. The van der Waals surface area contributed by atoms with Crippen LogP contribution in [-0.4, -0.2) is 12.9 Å². The lowest BCUT2D eigenvalue weighted by Gasteiger charge is -2.50. The van der Waals surface area contributed by atoms with Gasteiger partial charge >= 0.3 is 0 Å². The molecular weight excluding hydrogens is 248 g/mol. The molecule has 3 unspecified atom stereocenters. The van der Waals surface area contributed by atoms with Crippen molar-refractivity contribution in [2.24, 2.45) is 16.7 Å². The van der Waals surface area contributed by atoms with Crippen molar-refractivity contribution in [2.45, 2.75) is 46.0 Å². The number of hydrogen-bond donors (Lipinski definition) is 0. The number of carbonyl (C=O) groups is 1. The van der Waals surface area contributed by atoms with Gasteiger partial charge in [-0.1, -0.05) is 32.9 Å². The van der Waals surface area contributed by atoms with Crippen molar-refractivity contribution < 1.29 is 9.53 Å². The Bertz CT molecular complexity index is 529. The lowest BCUT2D eigenvalue weighted by atomic mass is 9.53. The van der Waals surface area contributed by atoms with Gasteiger partial charge in [0.05, 0.1) is 7.11 Å². The number of ether oxygens (including phenoxy) is 1. The summed E-state index contributed by atoms with van der Waals surface area (Å²) in [6, 6.07) is 8.09. The standard InChI is InChI=1S/C18H24O2/c1-17(2)13-9-10-18(17,3)16(15(19)11-13)12-5-7-14(20-4)8-6-12/h5-8,13,16H,9-11H2,1-4H3. The molecule has 0 heterocycles. The zero-order valence-corrected chi connectivity index (χ0v) is 12.9. The SMILES string of the molecule is COc1ccc(C2C(=O)CC3CCC2(C)C3(C)C)cc1. The molecule has 0 amide bonds. The fourth-order valence-corrected chi connectivity index (χ4v) is 4.56. The van der Waals surface area contributed by atoms with E-state index in [1.165, 1.54) is 6.42 Å². The summed E-state index contributed by atoms with van der Waals surface area (Å²) in [5.74, 6) is 1.89. The number of fused-ring (bicyclic) bond motifs is 2. The first kappa shape index (κ1) is 13.7. The third-order valence-electron chi connectivity index (χ3n) is 6.36. The minimum absolute atomic E-state index is 0.0437. The van der Waals surface area contributed by atoms with E-state index in [1.807, 2.05) is 12.1 Å².